The van der Waals surface area contributed by atoms with E-state index in [1.165, 1.54) is 29.1 Å². The second-order valence-corrected chi connectivity index (χ2v) is 5.18. The molecule has 0 heterocycles. The molecule has 0 amide bonds. The highest BCUT2D eigenvalue weighted by atomic mass is 32.2. The summed E-state index contributed by atoms with van der Waals surface area (Å²) in [6.45, 7) is 4.83. The van der Waals surface area contributed by atoms with Crippen molar-refractivity contribution in [1.29, 1.82) is 0 Å². The lowest BCUT2D eigenvalue weighted by molar-refractivity contribution is 0.199. The molecule has 3 heteroatoms. The van der Waals surface area contributed by atoms with E-state index < -0.39 is 0 Å². The fourth-order valence-corrected chi connectivity index (χ4v) is 2.44. The van der Waals surface area contributed by atoms with Crippen molar-refractivity contribution in [2.45, 2.75) is 31.2 Å². The van der Waals surface area contributed by atoms with Gasteiger partial charge in [0.1, 0.15) is 0 Å². The highest BCUT2D eigenvalue weighted by Gasteiger charge is 1.95. The van der Waals surface area contributed by atoms with E-state index in [2.05, 4.69) is 36.5 Å². The average molecular weight is 253 g/mol. The van der Waals surface area contributed by atoms with Crippen LogP contribution in [0.5, 0.6) is 0 Å². The summed E-state index contributed by atoms with van der Waals surface area (Å²) in [5.41, 5.74) is 1.33. The van der Waals surface area contributed by atoms with Gasteiger partial charge in [-0.3, -0.25) is 0 Å². The van der Waals surface area contributed by atoms with Gasteiger partial charge in [0.25, 0.3) is 0 Å². The molecule has 0 bridgehead atoms. The molecule has 1 aromatic carbocycles. The molecule has 1 N–H and O–H groups in total. The molecule has 0 atom stereocenters. The Bertz CT molecular complexity index is 287. The van der Waals surface area contributed by atoms with E-state index in [4.69, 9.17) is 4.74 Å². The minimum absolute atomic E-state index is 0.769. The zero-order valence-electron chi connectivity index (χ0n) is 10.9. The molecular weight excluding hydrogens is 230 g/mol. The van der Waals surface area contributed by atoms with Gasteiger partial charge in [-0.2, -0.15) is 0 Å². The Morgan fingerprint density at radius 2 is 2.00 bits per heavy atom. The highest BCUT2D eigenvalue weighted by molar-refractivity contribution is 7.99. The normalized spacial score (nSPS) is 10.7. The van der Waals surface area contributed by atoms with Crippen LogP contribution in [0.3, 0.4) is 0 Å². The zero-order chi connectivity index (χ0) is 12.3. The molecule has 1 rings (SSSR count). The van der Waals surface area contributed by atoms with Gasteiger partial charge in [-0.25, -0.2) is 0 Å². The number of rotatable bonds is 9. The van der Waals surface area contributed by atoms with Gasteiger partial charge >= 0.3 is 0 Å². The molecule has 17 heavy (non-hydrogen) atoms. The summed E-state index contributed by atoms with van der Waals surface area (Å²) < 4.78 is 4.99. The third-order valence-electron chi connectivity index (χ3n) is 2.50. The van der Waals surface area contributed by atoms with Gasteiger partial charge in [-0.15, -0.1) is 11.8 Å². The predicted molar refractivity (Wildman–Crippen MR) is 75.7 cm³/mol. The maximum atomic E-state index is 4.99. The highest BCUT2D eigenvalue weighted by Crippen LogP contribution is 2.19. The van der Waals surface area contributed by atoms with Crippen molar-refractivity contribution in [1.82, 2.24) is 5.32 Å². The summed E-state index contributed by atoms with van der Waals surface area (Å²) >= 11 is 1.95. The van der Waals surface area contributed by atoms with E-state index in [0.717, 1.165) is 19.7 Å². The van der Waals surface area contributed by atoms with Gasteiger partial charge in [0.05, 0.1) is 6.61 Å². The molecule has 0 aliphatic rings. The quantitative estimate of drug-likeness (QED) is 0.539. The molecule has 0 saturated heterocycles. The third kappa shape index (κ3) is 6.71. The van der Waals surface area contributed by atoms with Crippen molar-refractivity contribution in [3.63, 3.8) is 0 Å². The third-order valence-corrected chi connectivity index (χ3v) is 3.60. The Balaban J connectivity index is 2.24. The fraction of sp³-hybridized carbons (Fsp3) is 0.571. The summed E-state index contributed by atoms with van der Waals surface area (Å²) in [6, 6.07) is 8.84. The van der Waals surface area contributed by atoms with Gasteiger partial charge in [0, 0.05) is 25.1 Å². The number of benzene rings is 1. The number of nitrogens with one attached hydrogen (secondary N) is 1. The molecule has 0 fully saturated rings. The van der Waals surface area contributed by atoms with Crippen LogP contribution in [0.25, 0.3) is 0 Å². The summed E-state index contributed by atoms with van der Waals surface area (Å²) in [5.74, 6) is 1.22. The smallest absolute Gasteiger partial charge is 0.0587 e. The van der Waals surface area contributed by atoms with Gasteiger partial charge in [0.2, 0.25) is 0 Å². The first kappa shape index (κ1) is 14.6. The molecule has 0 spiro atoms. The second-order valence-electron chi connectivity index (χ2n) is 4.02. The first-order valence-corrected chi connectivity index (χ1v) is 7.26. The van der Waals surface area contributed by atoms with Crippen molar-refractivity contribution in [3.05, 3.63) is 29.8 Å². The van der Waals surface area contributed by atoms with Crippen molar-refractivity contribution in [2.24, 2.45) is 0 Å². The van der Waals surface area contributed by atoms with Gasteiger partial charge < -0.3 is 10.1 Å². The van der Waals surface area contributed by atoms with Crippen molar-refractivity contribution in [3.8, 4) is 0 Å². The first-order chi connectivity index (χ1) is 8.36. The number of ether oxygens (including phenoxy) is 1. The molecule has 0 aliphatic heterocycles. The average Bonchev–Trinajstić information content (AvgIpc) is 2.37. The van der Waals surface area contributed by atoms with Crippen LogP contribution in [0.4, 0.5) is 0 Å². The van der Waals surface area contributed by atoms with Crippen LogP contribution in [0.1, 0.15) is 25.3 Å². The Labute approximate surface area is 109 Å². The van der Waals surface area contributed by atoms with Crippen LogP contribution >= 0.6 is 11.8 Å². The van der Waals surface area contributed by atoms with Crippen molar-refractivity contribution >= 4 is 11.8 Å². The van der Waals surface area contributed by atoms with Crippen molar-refractivity contribution < 1.29 is 4.74 Å². The number of hydrogen-bond acceptors (Lipinski definition) is 3. The topological polar surface area (TPSA) is 21.3 Å². The van der Waals surface area contributed by atoms with Gasteiger partial charge in [0.15, 0.2) is 0 Å². The maximum absolute atomic E-state index is 4.99. The summed E-state index contributed by atoms with van der Waals surface area (Å²) in [6.07, 6.45) is 2.57. The van der Waals surface area contributed by atoms with Crippen LogP contribution in [0, 0.1) is 0 Å². The van der Waals surface area contributed by atoms with E-state index in [1.54, 1.807) is 7.11 Å². The van der Waals surface area contributed by atoms with Crippen LogP contribution in [-0.2, 0) is 11.3 Å². The Hall–Kier alpha value is -0.510. The SMILES string of the molecule is CCCCSc1ccc(CNCCOC)cc1. The lowest BCUT2D eigenvalue weighted by Crippen LogP contribution is -2.18. The molecule has 0 saturated carbocycles. The lowest BCUT2D eigenvalue weighted by Gasteiger charge is -2.05. The molecular formula is C14H23NOS. The second kappa shape index (κ2) is 9.51. The largest absolute Gasteiger partial charge is 0.383 e. The number of hydrogen-bond donors (Lipinski definition) is 1. The molecule has 1 aromatic rings. The Morgan fingerprint density at radius 1 is 1.24 bits per heavy atom. The number of thioether (sulfide) groups is 1. The van der Waals surface area contributed by atoms with Crippen LogP contribution in [-0.4, -0.2) is 26.0 Å². The monoisotopic (exact) mass is 253 g/mol. The lowest BCUT2D eigenvalue weighted by atomic mass is 10.2. The van der Waals surface area contributed by atoms with E-state index in [0.29, 0.717) is 0 Å². The van der Waals surface area contributed by atoms with E-state index in [-0.39, 0.29) is 0 Å². The molecule has 0 aromatic heterocycles. The maximum Gasteiger partial charge on any atom is 0.0587 e. The first-order valence-electron chi connectivity index (χ1n) is 6.28. The number of methoxy groups -OCH3 is 1. The zero-order valence-corrected chi connectivity index (χ0v) is 11.7. The van der Waals surface area contributed by atoms with E-state index in [9.17, 15) is 0 Å². The molecule has 96 valence electrons. The van der Waals surface area contributed by atoms with Crippen LogP contribution in [0.2, 0.25) is 0 Å². The minimum Gasteiger partial charge on any atom is -0.383 e. The summed E-state index contributed by atoms with van der Waals surface area (Å²) in [7, 11) is 1.73. The minimum atomic E-state index is 0.769. The molecule has 2 nitrogen and oxygen atoms in total. The fourth-order valence-electron chi connectivity index (χ4n) is 1.44. The molecule has 0 radical (unpaired) electrons. The Kier molecular flexibility index (Phi) is 8.14. The summed E-state index contributed by atoms with van der Waals surface area (Å²) in [5, 5.41) is 3.34. The van der Waals surface area contributed by atoms with E-state index in [1.807, 2.05) is 11.8 Å². The Morgan fingerprint density at radius 3 is 2.65 bits per heavy atom. The van der Waals surface area contributed by atoms with Crippen LogP contribution < -0.4 is 5.32 Å². The summed E-state index contributed by atoms with van der Waals surface area (Å²) in [4.78, 5) is 1.37. The predicted octanol–water partition coefficient (Wildman–Crippen LogP) is 3.31. The van der Waals surface area contributed by atoms with E-state index >= 15 is 0 Å². The van der Waals surface area contributed by atoms with Gasteiger partial charge in [-0.05, 0) is 29.9 Å². The molecule has 0 aliphatic carbocycles. The molecule has 0 unspecified atom stereocenters. The number of unbranched alkanes of at least 4 members (excludes halogenated alkanes) is 1. The van der Waals surface area contributed by atoms with Crippen molar-refractivity contribution in [2.75, 3.05) is 26.0 Å². The standard InChI is InChI=1S/C14H23NOS/c1-3-4-11-17-14-7-5-13(6-8-14)12-15-9-10-16-2/h5-8,15H,3-4,9-12H2,1-2H3. The van der Waals surface area contributed by atoms with Gasteiger partial charge in [-0.1, -0.05) is 25.5 Å². The van der Waals surface area contributed by atoms with Crippen LogP contribution in [0.15, 0.2) is 29.2 Å².